The number of carbonyl (C=O) groups is 3. The number of phenols is 1. The highest BCUT2D eigenvalue weighted by molar-refractivity contribution is 7.13. The highest BCUT2D eigenvalue weighted by Crippen LogP contribution is 2.33. The SMILES string of the molecule is C=C(N[C@@H](C)c1ccc(-c2scnc2C)cc1)[C@@H]1C[C@@H](O)CN1C(=O)[C@@H](NC(=O)CCCCCCCCC(=O)N1CCN(c2cc(-c3ccccc3O)nnc2N)CC1)C(C)(C)C. The van der Waals surface area contributed by atoms with E-state index in [1.54, 1.807) is 34.4 Å². The summed E-state index contributed by atoms with van der Waals surface area (Å²) in [5.41, 5.74) is 13.2. The number of aromatic nitrogens is 3. The lowest BCUT2D eigenvalue weighted by Crippen LogP contribution is -2.56. The summed E-state index contributed by atoms with van der Waals surface area (Å²) in [5, 5.41) is 35.9. The van der Waals surface area contributed by atoms with Crippen LogP contribution in [-0.2, 0) is 14.4 Å². The molecule has 338 valence electrons. The maximum Gasteiger partial charge on any atom is 0.246 e. The first kappa shape index (κ1) is 47.0. The summed E-state index contributed by atoms with van der Waals surface area (Å²) >= 11 is 1.62. The van der Waals surface area contributed by atoms with Gasteiger partial charge in [-0.15, -0.1) is 21.5 Å². The van der Waals surface area contributed by atoms with E-state index in [4.69, 9.17) is 5.73 Å². The Hall–Kier alpha value is -5.54. The number of piperazine rings is 1. The molecule has 0 saturated carbocycles. The molecule has 0 radical (unpaired) electrons. The topological polar surface area (TPSA) is 190 Å². The van der Waals surface area contributed by atoms with Gasteiger partial charge in [-0.3, -0.25) is 14.4 Å². The largest absolute Gasteiger partial charge is 0.507 e. The van der Waals surface area contributed by atoms with Gasteiger partial charge in [-0.25, -0.2) is 4.98 Å². The Labute approximate surface area is 376 Å². The number of nitrogens with two attached hydrogens (primary N) is 1. The number of para-hydroxylation sites is 1. The number of rotatable bonds is 18. The number of aryl methyl sites for hydroxylation is 1. The van der Waals surface area contributed by atoms with Gasteiger partial charge in [0.15, 0.2) is 5.82 Å². The molecular formula is C48H65N9O5S. The number of thiazole rings is 1. The molecule has 3 amide bonds. The number of unbranched alkanes of at least 4 members (excludes halogenated alkanes) is 5. The van der Waals surface area contributed by atoms with E-state index in [1.165, 1.54) is 0 Å². The predicted molar refractivity (Wildman–Crippen MR) is 250 cm³/mol. The van der Waals surface area contributed by atoms with E-state index in [2.05, 4.69) is 68.5 Å². The first-order chi connectivity index (χ1) is 30.1. The molecule has 0 unspecified atom stereocenters. The molecule has 6 N–H and O–H groups in total. The summed E-state index contributed by atoms with van der Waals surface area (Å²) in [6.07, 6.45) is 5.78. The zero-order valence-corrected chi connectivity index (χ0v) is 38.3. The van der Waals surface area contributed by atoms with Crippen molar-refractivity contribution in [2.75, 3.05) is 43.4 Å². The van der Waals surface area contributed by atoms with Gasteiger partial charge in [0.05, 0.1) is 39.6 Å². The zero-order chi connectivity index (χ0) is 45.3. The first-order valence-electron chi connectivity index (χ1n) is 22.3. The molecule has 2 aliphatic heterocycles. The maximum absolute atomic E-state index is 14.2. The highest BCUT2D eigenvalue weighted by atomic mass is 32.1. The molecule has 4 atom stereocenters. The van der Waals surface area contributed by atoms with Crippen LogP contribution >= 0.6 is 11.3 Å². The summed E-state index contributed by atoms with van der Waals surface area (Å²) in [6.45, 7) is 16.8. The van der Waals surface area contributed by atoms with E-state index < -0.39 is 23.6 Å². The van der Waals surface area contributed by atoms with Crippen molar-refractivity contribution in [2.24, 2.45) is 5.41 Å². The lowest BCUT2D eigenvalue weighted by atomic mass is 9.85. The van der Waals surface area contributed by atoms with E-state index in [0.717, 1.165) is 59.5 Å². The molecule has 15 heteroatoms. The van der Waals surface area contributed by atoms with Crippen molar-refractivity contribution < 1.29 is 24.6 Å². The third-order valence-electron chi connectivity index (χ3n) is 12.2. The van der Waals surface area contributed by atoms with Crippen LogP contribution < -0.4 is 21.3 Å². The number of aliphatic hydroxyl groups excluding tert-OH is 1. The minimum atomic E-state index is -0.764. The second-order valence-electron chi connectivity index (χ2n) is 18.0. The first-order valence-corrected chi connectivity index (χ1v) is 23.2. The summed E-state index contributed by atoms with van der Waals surface area (Å²) in [5.74, 6) is 0.211. The van der Waals surface area contributed by atoms with Gasteiger partial charge in [0, 0.05) is 69.3 Å². The molecule has 63 heavy (non-hydrogen) atoms. The van der Waals surface area contributed by atoms with Crippen LogP contribution in [0.25, 0.3) is 21.7 Å². The molecule has 4 heterocycles. The fourth-order valence-electron chi connectivity index (χ4n) is 8.49. The number of nitrogen functional groups attached to an aromatic ring is 1. The molecule has 4 aromatic rings. The van der Waals surface area contributed by atoms with Gasteiger partial charge in [-0.1, -0.05) is 89.4 Å². The summed E-state index contributed by atoms with van der Waals surface area (Å²) in [6, 6.07) is 15.9. The van der Waals surface area contributed by atoms with Crippen LogP contribution in [0.1, 0.15) is 103 Å². The number of aliphatic hydroxyl groups is 1. The summed E-state index contributed by atoms with van der Waals surface area (Å²) in [4.78, 5) is 51.7. The number of aromatic hydroxyl groups is 1. The Morgan fingerprint density at radius 2 is 1.60 bits per heavy atom. The lowest BCUT2D eigenvalue weighted by Gasteiger charge is -2.36. The van der Waals surface area contributed by atoms with Crippen molar-refractivity contribution in [3.63, 3.8) is 0 Å². The van der Waals surface area contributed by atoms with Gasteiger partial charge in [-0.05, 0) is 61.4 Å². The number of hydrogen-bond donors (Lipinski definition) is 5. The van der Waals surface area contributed by atoms with Crippen molar-refractivity contribution in [1.82, 2.24) is 35.6 Å². The average molecular weight is 880 g/mol. The van der Waals surface area contributed by atoms with Crippen molar-refractivity contribution in [3.05, 3.63) is 83.6 Å². The van der Waals surface area contributed by atoms with Gasteiger partial charge >= 0.3 is 0 Å². The van der Waals surface area contributed by atoms with Crippen molar-refractivity contribution in [2.45, 2.75) is 117 Å². The minimum Gasteiger partial charge on any atom is -0.507 e. The standard InChI is InChI=1S/C48H65N9O5S/c1-31(34-19-21-35(22-20-34)44-33(3)50-30-63-44)51-32(2)39-27-36(58)29-57(39)47(62)45(48(4,5)6)52-42(60)17-11-9-7-8-10-12-18-43(61)56-25-23-55(24-26-56)40-28-38(53-54-46(40)49)37-15-13-14-16-41(37)59/h13-16,19-22,28,30-31,36,39,45,51,58-59H,2,7-12,17-18,23-27,29H2,1,3-6H3,(H2,49,54)(H,52,60)/t31-,36+,39-,45+/m0/s1. The van der Waals surface area contributed by atoms with E-state index in [-0.39, 0.29) is 36.1 Å². The third kappa shape index (κ3) is 12.1. The van der Waals surface area contributed by atoms with Gasteiger partial charge in [0.25, 0.3) is 0 Å². The Bertz CT molecular complexity index is 2200. The van der Waals surface area contributed by atoms with Crippen molar-refractivity contribution in [3.8, 4) is 27.4 Å². The molecule has 0 spiro atoms. The predicted octanol–water partition coefficient (Wildman–Crippen LogP) is 6.99. The van der Waals surface area contributed by atoms with Crippen LogP contribution in [0.15, 0.2) is 72.4 Å². The van der Waals surface area contributed by atoms with Crippen LogP contribution in [-0.4, -0.2) is 104 Å². The van der Waals surface area contributed by atoms with E-state index in [0.29, 0.717) is 74.6 Å². The number of benzene rings is 2. The number of anilines is 2. The lowest BCUT2D eigenvalue weighted by molar-refractivity contribution is -0.140. The molecule has 2 saturated heterocycles. The number of nitrogens with one attached hydrogen (secondary N) is 2. The molecule has 0 bridgehead atoms. The van der Waals surface area contributed by atoms with Crippen LogP contribution in [0.5, 0.6) is 5.75 Å². The van der Waals surface area contributed by atoms with Gasteiger partial charge in [0.1, 0.15) is 11.8 Å². The normalized spacial score (nSPS) is 17.7. The maximum atomic E-state index is 14.2. The molecular weight excluding hydrogens is 815 g/mol. The number of carbonyl (C=O) groups excluding carboxylic acids is 3. The van der Waals surface area contributed by atoms with Crippen LogP contribution in [0.4, 0.5) is 11.5 Å². The second-order valence-corrected chi connectivity index (χ2v) is 18.9. The number of amides is 3. The quantitative estimate of drug-likeness (QED) is 0.0648. The summed E-state index contributed by atoms with van der Waals surface area (Å²) in [7, 11) is 0. The fourth-order valence-corrected chi connectivity index (χ4v) is 9.30. The van der Waals surface area contributed by atoms with Gasteiger partial charge < -0.3 is 41.3 Å². The average Bonchev–Trinajstić information content (AvgIpc) is 3.88. The van der Waals surface area contributed by atoms with Gasteiger partial charge in [0.2, 0.25) is 17.7 Å². The number of hydrogen-bond acceptors (Lipinski definition) is 12. The third-order valence-corrected chi connectivity index (χ3v) is 13.2. The molecule has 0 aliphatic carbocycles. The van der Waals surface area contributed by atoms with Crippen LogP contribution in [0.3, 0.4) is 0 Å². The zero-order valence-electron chi connectivity index (χ0n) is 37.5. The van der Waals surface area contributed by atoms with Crippen molar-refractivity contribution >= 4 is 40.6 Å². The Morgan fingerprint density at radius 1 is 0.937 bits per heavy atom. The molecule has 2 fully saturated rings. The number of likely N-dealkylation sites (tertiary alicyclic amines) is 1. The Morgan fingerprint density at radius 3 is 2.25 bits per heavy atom. The smallest absolute Gasteiger partial charge is 0.246 e. The van der Waals surface area contributed by atoms with Crippen LogP contribution in [0.2, 0.25) is 0 Å². The Kier molecular flexibility index (Phi) is 15.8. The molecule has 6 rings (SSSR count). The molecule has 14 nitrogen and oxygen atoms in total. The highest BCUT2D eigenvalue weighted by Gasteiger charge is 2.43. The number of β-amino-alcohol motifs (C(OH)–C–C–N with tert-alkyl or cyclic N) is 1. The van der Waals surface area contributed by atoms with Crippen LogP contribution in [0, 0.1) is 12.3 Å². The molecule has 2 aromatic heterocycles. The van der Waals surface area contributed by atoms with E-state index in [9.17, 15) is 24.6 Å². The van der Waals surface area contributed by atoms with E-state index in [1.807, 2.05) is 50.2 Å². The molecule has 2 aliphatic rings. The fraction of sp³-hybridized carbons (Fsp3) is 0.500. The second kappa shape index (κ2) is 21.2. The minimum absolute atomic E-state index is 0.0802. The van der Waals surface area contributed by atoms with Gasteiger partial charge in [-0.2, -0.15) is 0 Å². The van der Waals surface area contributed by atoms with Crippen molar-refractivity contribution in [1.29, 1.82) is 0 Å². The molecule has 2 aromatic carbocycles. The monoisotopic (exact) mass is 879 g/mol. The van der Waals surface area contributed by atoms with E-state index >= 15 is 0 Å². The Balaban J connectivity index is 0.883. The number of nitrogens with zero attached hydrogens (tertiary/aromatic N) is 6. The number of phenolic OH excluding ortho intramolecular Hbond substituents is 1. The summed E-state index contributed by atoms with van der Waals surface area (Å²) < 4.78 is 0.